The van der Waals surface area contributed by atoms with Crippen molar-refractivity contribution in [3.05, 3.63) is 134 Å². The van der Waals surface area contributed by atoms with Crippen molar-refractivity contribution in [3.63, 3.8) is 0 Å². The second-order valence-electron chi connectivity index (χ2n) is 11.0. The summed E-state index contributed by atoms with van der Waals surface area (Å²) in [5.74, 6) is 0. The second kappa shape index (κ2) is 7.93. The molecule has 0 saturated heterocycles. The lowest BCUT2D eigenvalue weighted by Crippen LogP contribution is -1.98. The van der Waals surface area contributed by atoms with Gasteiger partial charge in [0.2, 0.25) is 0 Å². The summed E-state index contributed by atoms with van der Waals surface area (Å²) in [5.41, 5.74) is 11.1. The van der Waals surface area contributed by atoms with Crippen LogP contribution in [0.5, 0.6) is 0 Å². The van der Waals surface area contributed by atoms with Crippen LogP contribution < -0.4 is 0 Å². The van der Waals surface area contributed by atoms with Crippen molar-refractivity contribution in [2.24, 2.45) is 0 Å². The summed E-state index contributed by atoms with van der Waals surface area (Å²) in [6.45, 7) is 0. The van der Waals surface area contributed by atoms with E-state index in [0.717, 1.165) is 33.9 Å². The predicted octanol–water partition coefficient (Wildman–Crippen LogP) is 9.47. The average molecular weight is 535 g/mol. The van der Waals surface area contributed by atoms with Gasteiger partial charge in [0.1, 0.15) is 0 Å². The second-order valence-corrected chi connectivity index (χ2v) is 11.0. The van der Waals surface area contributed by atoms with Crippen molar-refractivity contribution in [2.45, 2.75) is 0 Å². The molecule has 6 aromatic carbocycles. The molecule has 0 atom stereocenters. The minimum atomic E-state index is 0.933. The lowest BCUT2D eigenvalue weighted by molar-refractivity contribution is 1.16. The Kier molecular flexibility index (Phi) is 4.15. The first kappa shape index (κ1) is 22.0. The third-order valence-electron chi connectivity index (χ3n) is 8.96. The highest BCUT2D eigenvalue weighted by Gasteiger charge is 2.31. The zero-order valence-corrected chi connectivity index (χ0v) is 22.5. The molecule has 0 spiro atoms. The maximum atomic E-state index is 4.99. The van der Waals surface area contributed by atoms with Crippen LogP contribution >= 0.6 is 0 Å². The molecular formula is C38H22N4. The highest BCUT2D eigenvalue weighted by Crippen LogP contribution is 2.52. The molecule has 42 heavy (non-hydrogen) atoms. The molecule has 1 aliphatic rings. The Hall–Kier alpha value is -5.74. The minimum absolute atomic E-state index is 0.933. The van der Waals surface area contributed by atoms with Crippen molar-refractivity contribution >= 4 is 54.4 Å². The van der Waals surface area contributed by atoms with Gasteiger partial charge >= 0.3 is 0 Å². The summed E-state index contributed by atoms with van der Waals surface area (Å²) in [6.07, 6.45) is 3.64. The quantitative estimate of drug-likeness (QED) is 0.221. The Morgan fingerprint density at radius 3 is 1.12 bits per heavy atom. The Bertz CT molecular complexity index is 2300. The summed E-state index contributed by atoms with van der Waals surface area (Å²) in [7, 11) is 0. The molecule has 0 unspecified atom stereocenters. The van der Waals surface area contributed by atoms with Crippen molar-refractivity contribution < 1.29 is 0 Å². The van der Waals surface area contributed by atoms with Crippen LogP contribution in [0.1, 0.15) is 0 Å². The lowest BCUT2D eigenvalue weighted by atomic mass is 10.0. The number of benzene rings is 6. The van der Waals surface area contributed by atoms with E-state index in [4.69, 9.17) is 9.97 Å². The van der Waals surface area contributed by atoms with Crippen LogP contribution in [0.2, 0.25) is 0 Å². The predicted molar refractivity (Wildman–Crippen MR) is 173 cm³/mol. The van der Waals surface area contributed by atoms with Crippen LogP contribution in [0, 0.1) is 0 Å². The van der Waals surface area contributed by atoms with Gasteiger partial charge in [0, 0.05) is 50.5 Å². The fourth-order valence-electron chi connectivity index (χ4n) is 7.32. The van der Waals surface area contributed by atoms with Gasteiger partial charge in [-0.1, -0.05) is 84.9 Å². The summed E-state index contributed by atoms with van der Waals surface area (Å²) in [5, 5.41) is 7.38. The van der Waals surface area contributed by atoms with E-state index in [9.17, 15) is 0 Å². The molecule has 3 aromatic heterocycles. The summed E-state index contributed by atoms with van der Waals surface area (Å²) < 4.78 is 4.81. The Labute approximate surface area is 240 Å². The number of fused-ring (bicyclic) bond motifs is 9. The zero-order valence-electron chi connectivity index (χ0n) is 22.5. The summed E-state index contributed by atoms with van der Waals surface area (Å²) in [4.78, 5) is 9.98. The number of hydrogen-bond acceptors (Lipinski definition) is 2. The number of nitrogens with zero attached hydrogens (tertiary/aromatic N) is 4. The Balaban J connectivity index is 1.39. The normalized spacial score (nSPS) is 12.3. The van der Waals surface area contributed by atoms with Crippen LogP contribution in [0.25, 0.3) is 88.3 Å². The van der Waals surface area contributed by atoms with Gasteiger partial charge in [-0.3, -0.25) is 9.97 Å². The van der Waals surface area contributed by atoms with Crippen LogP contribution in [-0.2, 0) is 0 Å². The lowest BCUT2D eigenvalue weighted by Gasteiger charge is -2.15. The SMILES string of the molecule is c1ccc2c(c1)c1ccccc1n2-c1ccc2ccc(-n3c4ccccc4c4ccccc43)c3c2c1-c1nccnc1-3. The van der Waals surface area contributed by atoms with Crippen molar-refractivity contribution in [3.8, 4) is 33.9 Å². The van der Waals surface area contributed by atoms with E-state index in [1.54, 1.807) is 0 Å². The maximum Gasteiger partial charge on any atom is 0.0993 e. The molecule has 3 heterocycles. The van der Waals surface area contributed by atoms with E-state index >= 15 is 0 Å². The van der Waals surface area contributed by atoms with Gasteiger partial charge in [-0.05, 0) is 41.8 Å². The van der Waals surface area contributed by atoms with E-state index in [1.807, 2.05) is 12.4 Å². The van der Waals surface area contributed by atoms with Crippen LogP contribution in [0.3, 0.4) is 0 Å². The average Bonchev–Trinajstić information content (AvgIpc) is 3.70. The first-order chi connectivity index (χ1) is 20.9. The standard InChI is InChI=1S/C38H22N4/c1-5-13-28-24(9-1)25-10-2-6-14-29(25)41(28)32-19-17-23-18-20-33(36-34(23)35(32)37-38(36)40-22-21-39-37)42-30-15-7-3-11-26(30)27-12-4-8-16-31(27)42/h1-22H. The van der Waals surface area contributed by atoms with Crippen LogP contribution in [-0.4, -0.2) is 19.1 Å². The molecule has 9 aromatic rings. The van der Waals surface area contributed by atoms with Crippen molar-refractivity contribution in [1.29, 1.82) is 0 Å². The minimum Gasteiger partial charge on any atom is -0.309 e. The molecule has 0 saturated carbocycles. The summed E-state index contributed by atoms with van der Waals surface area (Å²) in [6, 6.07) is 43.7. The van der Waals surface area contributed by atoms with Crippen LogP contribution in [0.15, 0.2) is 134 Å². The fourth-order valence-corrected chi connectivity index (χ4v) is 7.32. The first-order valence-electron chi connectivity index (χ1n) is 14.3. The number of rotatable bonds is 2. The molecule has 1 aliphatic carbocycles. The smallest absolute Gasteiger partial charge is 0.0993 e. The third-order valence-corrected chi connectivity index (χ3v) is 8.96. The first-order valence-corrected chi connectivity index (χ1v) is 14.3. The van der Waals surface area contributed by atoms with Gasteiger partial charge in [-0.25, -0.2) is 0 Å². The number of hydrogen-bond donors (Lipinski definition) is 0. The van der Waals surface area contributed by atoms with Crippen molar-refractivity contribution in [1.82, 2.24) is 19.1 Å². The fraction of sp³-hybridized carbons (Fsp3) is 0. The molecule has 0 aliphatic heterocycles. The topological polar surface area (TPSA) is 35.6 Å². The number of para-hydroxylation sites is 4. The molecule has 0 radical (unpaired) electrons. The molecular weight excluding hydrogens is 512 g/mol. The summed E-state index contributed by atoms with van der Waals surface area (Å²) >= 11 is 0. The molecule has 194 valence electrons. The molecule has 10 rings (SSSR count). The molecule has 4 nitrogen and oxygen atoms in total. The van der Waals surface area contributed by atoms with E-state index in [1.165, 1.54) is 54.4 Å². The van der Waals surface area contributed by atoms with E-state index in [2.05, 4.69) is 130 Å². The maximum absolute atomic E-state index is 4.99. The van der Waals surface area contributed by atoms with Gasteiger partial charge in [0.25, 0.3) is 0 Å². The monoisotopic (exact) mass is 534 g/mol. The highest BCUT2D eigenvalue weighted by molar-refractivity contribution is 6.20. The Morgan fingerprint density at radius 1 is 0.381 bits per heavy atom. The molecule has 0 N–H and O–H groups in total. The van der Waals surface area contributed by atoms with E-state index in [0.29, 0.717) is 0 Å². The largest absolute Gasteiger partial charge is 0.309 e. The molecule has 0 bridgehead atoms. The molecule has 0 fully saturated rings. The zero-order chi connectivity index (χ0) is 27.4. The number of aromatic nitrogens is 4. The highest BCUT2D eigenvalue weighted by atomic mass is 15.0. The van der Waals surface area contributed by atoms with Gasteiger partial charge in [-0.2, -0.15) is 0 Å². The van der Waals surface area contributed by atoms with Gasteiger partial charge < -0.3 is 9.13 Å². The van der Waals surface area contributed by atoms with Gasteiger partial charge in [0.15, 0.2) is 0 Å². The van der Waals surface area contributed by atoms with E-state index in [-0.39, 0.29) is 0 Å². The van der Waals surface area contributed by atoms with Gasteiger partial charge in [0.05, 0.1) is 44.8 Å². The Morgan fingerprint density at radius 2 is 0.738 bits per heavy atom. The van der Waals surface area contributed by atoms with E-state index < -0.39 is 0 Å². The van der Waals surface area contributed by atoms with Crippen molar-refractivity contribution in [2.75, 3.05) is 0 Å². The van der Waals surface area contributed by atoms with Crippen LogP contribution in [0.4, 0.5) is 0 Å². The third kappa shape index (κ3) is 2.66. The van der Waals surface area contributed by atoms with Gasteiger partial charge in [-0.15, -0.1) is 0 Å². The molecule has 4 heteroatoms. The molecule has 0 amide bonds.